The summed E-state index contributed by atoms with van der Waals surface area (Å²) in [4.78, 5) is 6.51. The minimum absolute atomic E-state index is 0.224. The van der Waals surface area contributed by atoms with Crippen LogP contribution < -0.4 is 11.5 Å². The van der Waals surface area contributed by atoms with E-state index in [1.807, 2.05) is 17.0 Å². The van der Waals surface area contributed by atoms with Gasteiger partial charge in [0.05, 0.1) is 5.69 Å². The van der Waals surface area contributed by atoms with Crippen molar-refractivity contribution >= 4 is 11.6 Å². The third-order valence-corrected chi connectivity index (χ3v) is 4.13. The van der Waals surface area contributed by atoms with Gasteiger partial charge in [0.1, 0.15) is 6.17 Å². The average Bonchev–Trinajstić information content (AvgIpc) is 2.51. The molecular weight excluding hydrogens is 272 g/mol. The van der Waals surface area contributed by atoms with Crippen LogP contribution in [-0.4, -0.2) is 17.4 Å². The van der Waals surface area contributed by atoms with Gasteiger partial charge in [-0.05, 0) is 36.1 Å². The van der Waals surface area contributed by atoms with E-state index in [4.69, 9.17) is 11.5 Å². The fraction of sp³-hybridized carbons (Fsp3) is 0.278. The van der Waals surface area contributed by atoms with Gasteiger partial charge in [0.15, 0.2) is 5.96 Å². The van der Waals surface area contributed by atoms with Gasteiger partial charge in [0.25, 0.3) is 0 Å². The largest absolute Gasteiger partial charge is 0.369 e. The highest BCUT2D eigenvalue weighted by atomic mass is 15.3. The van der Waals surface area contributed by atoms with Crippen molar-refractivity contribution in [1.82, 2.24) is 4.90 Å². The lowest BCUT2D eigenvalue weighted by molar-refractivity contribution is 0.315. The Kier molecular flexibility index (Phi) is 3.86. The molecule has 1 aliphatic heterocycles. The molecule has 0 amide bonds. The van der Waals surface area contributed by atoms with Crippen LogP contribution >= 0.6 is 0 Å². The molecule has 3 rings (SSSR count). The molecule has 0 fully saturated rings. The van der Waals surface area contributed by atoms with E-state index in [0.717, 1.165) is 29.8 Å². The first-order valence-corrected chi connectivity index (χ1v) is 7.68. The monoisotopic (exact) mass is 294 g/mol. The molecule has 0 radical (unpaired) electrons. The number of rotatable bonds is 3. The van der Waals surface area contributed by atoms with Gasteiger partial charge in [0, 0.05) is 12.1 Å². The molecule has 2 aromatic carbocycles. The number of nitrogens with zero attached hydrogens (tertiary/aromatic N) is 2. The highest BCUT2D eigenvalue weighted by Crippen LogP contribution is 2.35. The molecule has 0 saturated carbocycles. The van der Waals surface area contributed by atoms with E-state index in [9.17, 15) is 0 Å². The first kappa shape index (κ1) is 14.6. The van der Waals surface area contributed by atoms with Crippen molar-refractivity contribution in [3.8, 4) is 11.1 Å². The molecule has 4 N–H and O–H groups in total. The highest BCUT2D eigenvalue weighted by Gasteiger charge is 2.25. The van der Waals surface area contributed by atoms with Crippen LogP contribution in [0.2, 0.25) is 0 Å². The van der Waals surface area contributed by atoms with Gasteiger partial charge in [-0.1, -0.05) is 43.3 Å². The van der Waals surface area contributed by atoms with E-state index >= 15 is 0 Å². The normalized spacial score (nSPS) is 17.1. The Balaban J connectivity index is 2.05. The summed E-state index contributed by atoms with van der Waals surface area (Å²) in [5, 5.41) is 0. The van der Waals surface area contributed by atoms with Gasteiger partial charge in [-0.25, -0.2) is 4.99 Å². The van der Waals surface area contributed by atoms with Crippen LogP contribution in [0.1, 0.15) is 30.6 Å². The molecular formula is C18H22N4. The number of nitrogens with two attached hydrogens (primary N) is 2. The molecule has 1 heterocycles. The Hall–Kier alpha value is -2.33. The third kappa shape index (κ3) is 2.46. The van der Waals surface area contributed by atoms with E-state index in [1.54, 1.807) is 0 Å². The van der Waals surface area contributed by atoms with Crippen LogP contribution in [0.4, 0.5) is 5.69 Å². The van der Waals surface area contributed by atoms with Crippen LogP contribution in [0.25, 0.3) is 11.1 Å². The van der Waals surface area contributed by atoms with Gasteiger partial charge in [-0.2, -0.15) is 0 Å². The molecule has 0 spiro atoms. The zero-order chi connectivity index (χ0) is 15.7. The van der Waals surface area contributed by atoms with Crippen LogP contribution in [0.15, 0.2) is 47.5 Å². The van der Waals surface area contributed by atoms with Crippen molar-refractivity contribution in [1.29, 1.82) is 0 Å². The van der Waals surface area contributed by atoms with Crippen LogP contribution in [0.5, 0.6) is 0 Å². The molecule has 0 aromatic heterocycles. The molecule has 0 bridgehead atoms. The van der Waals surface area contributed by atoms with Crippen molar-refractivity contribution < 1.29 is 0 Å². The number of aryl methyl sites for hydroxylation is 1. The number of guanidine groups is 1. The Morgan fingerprint density at radius 2 is 1.95 bits per heavy atom. The second kappa shape index (κ2) is 5.81. The van der Waals surface area contributed by atoms with E-state index in [0.29, 0.717) is 5.96 Å². The number of hydrogen-bond donors (Lipinski definition) is 2. The van der Waals surface area contributed by atoms with Crippen LogP contribution in [0, 0.1) is 6.92 Å². The van der Waals surface area contributed by atoms with E-state index in [1.165, 1.54) is 11.1 Å². The number of benzene rings is 2. The molecule has 1 unspecified atom stereocenters. The van der Waals surface area contributed by atoms with E-state index in [-0.39, 0.29) is 6.17 Å². The summed E-state index contributed by atoms with van der Waals surface area (Å²) in [5.41, 5.74) is 17.9. The second-order valence-corrected chi connectivity index (χ2v) is 5.70. The van der Waals surface area contributed by atoms with Gasteiger partial charge in [0.2, 0.25) is 0 Å². The Labute approximate surface area is 131 Å². The molecule has 0 saturated heterocycles. The lowest BCUT2D eigenvalue weighted by Crippen LogP contribution is -2.45. The smallest absolute Gasteiger partial charge is 0.198 e. The predicted molar refractivity (Wildman–Crippen MR) is 91.8 cm³/mol. The second-order valence-electron chi connectivity index (χ2n) is 5.70. The Morgan fingerprint density at radius 3 is 2.68 bits per heavy atom. The number of fused-ring (bicyclic) bond motifs is 1. The molecule has 1 aliphatic rings. The fourth-order valence-corrected chi connectivity index (χ4v) is 2.95. The molecule has 0 aliphatic carbocycles. The van der Waals surface area contributed by atoms with Crippen molar-refractivity contribution in [2.24, 2.45) is 16.5 Å². The van der Waals surface area contributed by atoms with Gasteiger partial charge in [-0.3, -0.25) is 0 Å². The molecule has 2 aromatic rings. The molecule has 114 valence electrons. The minimum Gasteiger partial charge on any atom is -0.369 e. The summed E-state index contributed by atoms with van der Waals surface area (Å²) in [6.45, 7) is 5.04. The SMILES string of the molecule is CCCN1C(N)=Nc2cc(-c3ccccc3C)ccc2C1N. The summed E-state index contributed by atoms with van der Waals surface area (Å²) < 4.78 is 0. The minimum atomic E-state index is -0.224. The maximum absolute atomic E-state index is 6.35. The lowest BCUT2D eigenvalue weighted by Gasteiger charge is -2.34. The summed E-state index contributed by atoms with van der Waals surface area (Å²) in [5.74, 6) is 0.504. The van der Waals surface area contributed by atoms with Crippen molar-refractivity contribution in [2.45, 2.75) is 26.4 Å². The summed E-state index contributed by atoms with van der Waals surface area (Å²) >= 11 is 0. The van der Waals surface area contributed by atoms with Gasteiger partial charge in [-0.15, -0.1) is 0 Å². The van der Waals surface area contributed by atoms with Gasteiger partial charge < -0.3 is 16.4 Å². The molecule has 22 heavy (non-hydrogen) atoms. The highest BCUT2D eigenvalue weighted by molar-refractivity contribution is 5.85. The molecule has 4 heteroatoms. The Bertz CT molecular complexity index is 721. The molecule has 4 nitrogen and oxygen atoms in total. The quantitative estimate of drug-likeness (QED) is 0.912. The van der Waals surface area contributed by atoms with E-state index in [2.05, 4.69) is 49.2 Å². The lowest BCUT2D eigenvalue weighted by atomic mass is 9.97. The van der Waals surface area contributed by atoms with Crippen LogP contribution in [-0.2, 0) is 0 Å². The maximum atomic E-state index is 6.35. The zero-order valence-electron chi connectivity index (χ0n) is 13.1. The summed E-state index contributed by atoms with van der Waals surface area (Å²) in [6, 6.07) is 14.6. The first-order chi connectivity index (χ1) is 10.6. The standard InChI is InChI=1S/C18H22N4/c1-3-10-22-17(19)15-9-8-13(11-16(15)21-18(22)20)14-7-5-4-6-12(14)2/h4-9,11,17H,3,10,19H2,1-2H3,(H2,20,21). The number of aliphatic imine (C=N–C) groups is 1. The summed E-state index contributed by atoms with van der Waals surface area (Å²) in [6.07, 6.45) is 0.763. The topological polar surface area (TPSA) is 67.6 Å². The number of hydrogen-bond acceptors (Lipinski definition) is 4. The van der Waals surface area contributed by atoms with Crippen molar-refractivity contribution in [3.05, 3.63) is 53.6 Å². The first-order valence-electron chi connectivity index (χ1n) is 7.68. The van der Waals surface area contributed by atoms with Crippen LogP contribution in [0.3, 0.4) is 0 Å². The summed E-state index contributed by atoms with van der Waals surface area (Å²) in [7, 11) is 0. The van der Waals surface area contributed by atoms with E-state index < -0.39 is 0 Å². The van der Waals surface area contributed by atoms with Crippen molar-refractivity contribution in [2.75, 3.05) is 6.54 Å². The maximum Gasteiger partial charge on any atom is 0.198 e. The molecule has 1 atom stereocenters. The Morgan fingerprint density at radius 1 is 1.18 bits per heavy atom. The van der Waals surface area contributed by atoms with Crippen molar-refractivity contribution in [3.63, 3.8) is 0 Å². The third-order valence-electron chi connectivity index (χ3n) is 4.13. The predicted octanol–water partition coefficient (Wildman–Crippen LogP) is 3.29. The fourth-order valence-electron chi connectivity index (χ4n) is 2.95. The average molecular weight is 294 g/mol. The zero-order valence-corrected chi connectivity index (χ0v) is 13.1. The van der Waals surface area contributed by atoms with Gasteiger partial charge >= 0.3 is 0 Å².